The Kier molecular flexibility index (Phi) is 7.02. The van der Waals surface area contributed by atoms with Gasteiger partial charge in [-0.1, -0.05) is 17.7 Å². The second-order valence-electron chi connectivity index (χ2n) is 7.13. The molecule has 0 fully saturated rings. The molecule has 0 aliphatic carbocycles. The molecule has 0 unspecified atom stereocenters. The normalized spacial score (nSPS) is 12.3. The molecule has 186 valence electrons. The summed E-state index contributed by atoms with van der Waals surface area (Å²) in [5.74, 6) is 0. The van der Waals surface area contributed by atoms with Gasteiger partial charge in [-0.15, -0.1) is 0 Å². The van der Waals surface area contributed by atoms with Gasteiger partial charge in [0.1, 0.15) is 0 Å². The summed E-state index contributed by atoms with van der Waals surface area (Å²) in [7, 11) is -8.58. The third kappa shape index (κ3) is 6.01. The number of nitrogens with one attached hydrogen (secondary N) is 2. The molecule has 0 bridgehead atoms. The van der Waals surface area contributed by atoms with Crippen molar-refractivity contribution in [3.63, 3.8) is 0 Å². The summed E-state index contributed by atoms with van der Waals surface area (Å²) >= 11 is 5.53. The molecule has 0 amide bonds. The number of nitro benzene ring substituents is 1. The molecule has 0 radical (unpaired) electrons. The van der Waals surface area contributed by atoms with Crippen LogP contribution < -0.4 is 9.44 Å². The van der Waals surface area contributed by atoms with Crippen LogP contribution in [0.15, 0.2) is 70.5 Å². The third-order valence-corrected chi connectivity index (χ3v) is 7.73. The van der Waals surface area contributed by atoms with Gasteiger partial charge in [0.2, 0.25) is 0 Å². The van der Waals surface area contributed by atoms with Gasteiger partial charge in [0.15, 0.2) is 0 Å². The monoisotopic (exact) mass is 549 g/mol. The van der Waals surface area contributed by atoms with E-state index in [1.165, 1.54) is 19.1 Å². The van der Waals surface area contributed by atoms with Gasteiger partial charge in [0.05, 0.1) is 25.3 Å². The lowest BCUT2D eigenvalue weighted by Gasteiger charge is -2.13. The molecule has 9 nitrogen and oxygen atoms in total. The van der Waals surface area contributed by atoms with Crippen LogP contribution in [0.25, 0.3) is 0 Å². The van der Waals surface area contributed by atoms with Crippen LogP contribution >= 0.6 is 11.6 Å². The molecule has 0 saturated heterocycles. The zero-order valence-electron chi connectivity index (χ0n) is 17.5. The average Bonchev–Trinajstić information content (AvgIpc) is 2.74. The summed E-state index contributed by atoms with van der Waals surface area (Å²) in [5, 5.41) is 10.5. The number of hydrogen-bond donors (Lipinski definition) is 2. The Morgan fingerprint density at radius 2 is 1.34 bits per heavy atom. The Bertz CT molecular complexity index is 1510. The minimum Gasteiger partial charge on any atom is -0.280 e. The summed E-state index contributed by atoms with van der Waals surface area (Å²) in [6.07, 6.45) is -4.80. The van der Waals surface area contributed by atoms with Crippen molar-refractivity contribution in [1.29, 1.82) is 0 Å². The van der Waals surface area contributed by atoms with Gasteiger partial charge >= 0.3 is 6.18 Å². The maximum Gasteiger partial charge on any atom is 0.417 e. The Labute approximate surface area is 202 Å². The Hall–Kier alpha value is -3.36. The van der Waals surface area contributed by atoms with Gasteiger partial charge < -0.3 is 0 Å². The van der Waals surface area contributed by atoms with Crippen LogP contribution in [0.3, 0.4) is 0 Å². The zero-order valence-corrected chi connectivity index (χ0v) is 19.9. The van der Waals surface area contributed by atoms with Crippen LogP contribution in [0.1, 0.15) is 11.1 Å². The number of anilines is 2. The van der Waals surface area contributed by atoms with Crippen molar-refractivity contribution in [3.8, 4) is 0 Å². The van der Waals surface area contributed by atoms with E-state index in [0.29, 0.717) is 6.07 Å². The van der Waals surface area contributed by atoms with Gasteiger partial charge in [0.25, 0.3) is 25.7 Å². The molecule has 0 aromatic heterocycles. The van der Waals surface area contributed by atoms with Crippen molar-refractivity contribution in [3.05, 3.63) is 86.9 Å². The van der Waals surface area contributed by atoms with Gasteiger partial charge in [-0.25, -0.2) is 16.8 Å². The molecule has 3 aromatic carbocycles. The minimum atomic E-state index is -4.80. The fourth-order valence-corrected chi connectivity index (χ4v) is 5.24. The highest BCUT2D eigenvalue weighted by atomic mass is 35.5. The Morgan fingerprint density at radius 3 is 1.91 bits per heavy atom. The predicted octanol–water partition coefficient (Wildman–Crippen LogP) is 5.18. The van der Waals surface area contributed by atoms with Crippen molar-refractivity contribution in [2.45, 2.75) is 22.9 Å². The lowest BCUT2D eigenvalue weighted by atomic mass is 10.2. The molecule has 0 aliphatic rings. The smallest absolute Gasteiger partial charge is 0.280 e. The number of hydrogen-bond acceptors (Lipinski definition) is 6. The second kappa shape index (κ2) is 9.36. The molecular weight excluding hydrogens is 535 g/mol. The van der Waals surface area contributed by atoms with E-state index in [1.807, 2.05) is 4.72 Å². The molecule has 0 aliphatic heterocycles. The van der Waals surface area contributed by atoms with E-state index in [4.69, 9.17) is 11.6 Å². The van der Waals surface area contributed by atoms with E-state index in [9.17, 15) is 40.1 Å². The fraction of sp³-hybridized carbons (Fsp3) is 0.100. The number of nitro groups is 1. The highest BCUT2D eigenvalue weighted by molar-refractivity contribution is 7.93. The number of halogens is 4. The van der Waals surface area contributed by atoms with E-state index >= 15 is 0 Å². The highest BCUT2D eigenvalue weighted by Gasteiger charge is 2.33. The van der Waals surface area contributed by atoms with Crippen molar-refractivity contribution in [2.24, 2.45) is 0 Å². The summed E-state index contributed by atoms with van der Waals surface area (Å²) in [4.78, 5) is 9.60. The third-order valence-electron chi connectivity index (χ3n) is 4.63. The molecule has 0 saturated carbocycles. The van der Waals surface area contributed by atoms with Crippen LogP contribution in [0, 0.1) is 17.0 Å². The highest BCUT2D eigenvalue weighted by Crippen LogP contribution is 2.36. The number of aryl methyl sites for hydroxylation is 1. The van der Waals surface area contributed by atoms with Gasteiger partial charge in [0, 0.05) is 23.0 Å². The first kappa shape index (κ1) is 26.2. The van der Waals surface area contributed by atoms with E-state index < -0.39 is 47.4 Å². The number of sulfonamides is 2. The Balaban J connectivity index is 1.82. The van der Waals surface area contributed by atoms with Gasteiger partial charge in [-0.05, 0) is 55.5 Å². The molecule has 15 heteroatoms. The lowest BCUT2D eigenvalue weighted by molar-refractivity contribution is -0.385. The van der Waals surface area contributed by atoms with Gasteiger partial charge in [-0.2, -0.15) is 13.2 Å². The SMILES string of the molecule is Cc1ccc(S(=O)(=O)Nc2ccc(S(=O)(=O)Nc3ccc(Cl)c(C(F)(F)F)c3)cc2)cc1[N+](=O)[O-]. The Morgan fingerprint density at radius 1 is 0.829 bits per heavy atom. The zero-order chi connectivity index (χ0) is 26.2. The summed E-state index contributed by atoms with van der Waals surface area (Å²) in [6, 6.07) is 10.1. The summed E-state index contributed by atoms with van der Waals surface area (Å²) < 4.78 is 93.5. The topological polar surface area (TPSA) is 135 Å². The van der Waals surface area contributed by atoms with Crippen molar-refractivity contribution < 1.29 is 34.9 Å². The molecule has 0 heterocycles. The predicted molar refractivity (Wildman–Crippen MR) is 122 cm³/mol. The van der Waals surface area contributed by atoms with E-state index in [0.717, 1.165) is 42.5 Å². The lowest BCUT2D eigenvalue weighted by Crippen LogP contribution is -2.15. The standard InChI is InChI=1S/C20H15ClF3N3O6S2/c1-12-2-6-16(11-19(12)27(28)29)35(32,33)25-13-3-7-15(8-4-13)34(30,31)26-14-5-9-18(21)17(10-14)20(22,23)24/h2-11,25-26H,1H3. The van der Waals surface area contributed by atoms with Crippen LogP contribution in [-0.4, -0.2) is 21.8 Å². The van der Waals surface area contributed by atoms with Crippen molar-refractivity contribution in [2.75, 3.05) is 9.44 Å². The second-order valence-corrected chi connectivity index (χ2v) is 10.9. The van der Waals surface area contributed by atoms with E-state index in [2.05, 4.69) is 4.72 Å². The molecule has 3 aromatic rings. The minimum absolute atomic E-state index is 0.0574. The first-order chi connectivity index (χ1) is 16.1. The quantitative estimate of drug-likeness (QED) is 0.308. The fourth-order valence-electron chi connectivity index (χ4n) is 2.89. The van der Waals surface area contributed by atoms with Crippen molar-refractivity contribution >= 4 is 48.7 Å². The van der Waals surface area contributed by atoms with E-state index in [1.54, 1.807) is 0 Å². The first-order valence-electron chi connectivity index (χ1n) is 9.38. The van der Waals surface area contributed by atoms with Crippen LogP contribution in [-0.2, 0) is 26.2 Å². The largest absolute Gasteiger partial charge is 0.417 e. The number of nitrogens with zero attached hydrogens (tertiary/aromatic N) is 1. The molecule has 2 N–H and O–H groups in total. The van der Waals surface area contributed by atoms with Crippen LogP contribution in [0.4, 0.5) is 30.2 Å². The van der Waals surface area contributed by atoms with Crippen LogP contribution in [0.5, 0.6) is 0 Å². The molecule has 0 atom stereocenters. The van der Waals surface area contributed by atoms with Crippen LogP contribution in [0.2, 0.25) is 5.02 Å². The molecule has 3 rings (SSSR count). The molecular formula is C20H15ClF3N3O6S2. The average molecular weight is 550 g/mol. The summed E-state index contributed by atoms with van der Waals surface area (Å²) in [5.41, 5.74) is -1.79. The maximum atomic E-state index is 13.0. The van der Waals surface area contributed by atoms with E-state index in [-0.39, 0.29) is 26.7 Å². The number of alkyl halides is 3. The number of rotatable bonds is 7. The summed E-state index contributed by atoms with van der Waals surface area (Å²) in [6.45, 7) is 1.45. The van der Waals surface area contributed by atoms with Crippen molar-refractivity contribution in [1.82, 2.24) is 0 Å². The van der Waals surface area contributed by atoms with Gasteiger partial charge in [-0.3, -0.25) is 19.6 Å². The first-order valence-corrected chi connectivity index (χ1v) is 12.7. The number of benzene rings is 3. The molecule has 0 spiro atoms. The molecule has 35 heavy (non-hydrogen) atoms. The maximum absolute atomic E-state index is 13.0.